The van der Waals surface area contributed by atoms with Crippen molar-refractivity contribution in [3.05, 3.63) is 118 Å². The molecule has 0 aromatic heterocycles. The second kappa shape index (κ2) is 9.87. The van der Waals surface area contributed by atoms with Gasteiger partial charge in [0.1, 0.15) is 11.5 Å². The average Bonchev–Trinajstić information content (AvgIpc) is 2.82. The molecule has 4 aromatic rings. The molecule has 0 heterocycles. The van der Waals surface area contributed by atoms with E-state index in [1.54, 1.807) is 0 Å². The van der Waals surface area contributed by atoms with Gasteiger partial charge in [0, 0.05) is 0 Å². The first-order valence-electron chi connectivity index (χ1n) is 11.5. The molecule has 0 spiro atoms. The van der Waals surface area contributed by atoms with Crippen molar-refractivity contribution in [3.63, 3.8) is 0 Å². The monoisotopic (exact) mass is 420 g/mol. The van der Waals surface area contributed by atoms with E-state index < -0.39 is 0 Å². The summed E-state index contributed by atoms with van der Waals surface area (Å²) in [6.45, 7) is 8.69. The zero-order chi connectivity index (χ0) is 22.5. The van der Waals surface area contributed by atoms with E-state index in [-0.39, 0.29) is 0 Å². The summed E-state index contributed by atoms with van der Waals surface area (Å²) in [5.74, 6) is 1.75. The minimum atomic E-state index is 0.875. The summed E-state index contributed by atoms with van der Waals surface area (Å²) in [7, 11) is 0. The number of hydrogen-bond acceptors (Lipinski definition) is 1. The van der Waals surface area contributed by atoms with E-state index in [2.05, 4.69) is 100 Å². The van der Waals surface area contributed by atoms with Crippen LogP contribution < -0.4 is 4.74 Å². The fraction of sp³-hybridized carbons (Fsp3) is 0.226. The maximum atomic E-state index is 5.96. The van der Waals surface area contributed by atoms with Gasteiger partial charge in [0.25, 0.3) is 0 Å². The Morgan fingerprint density at radius 3 is 1.84 bits per heavy atom. The number of ether oxygens (including phenoxy) is 1. The first-order chi connectivity index (χ1) is 15.5. The Hall–Kier alpha value is -3.32. The van der Waals surface area contributed by atoms with E-state index in [0.717, 1.165) is 30.8 Å². The van der Waals surface area contributed by atoms with Gasteiger partial charge in [0.05, 0.1) is 0 Å². The second-order valence-corrected chi connectivity index (χ2v) is 8.70. The Morgan fingerprint density at radius 1 is 0.562 bits per heavy atom. The molecule has 0 aliphatic heterocycles. The third-order valence-electron chi connectivity index (χ3n) is 6.29. The molecule has 32 heavy (non-hydrogen) atoms. The van der Waals surface area contributed by atoms with Crippen LogP contribution in [0.4, 0.5) is 0 Å². The molecular weight excluding hydrogens is 388 g/mol. The molecule has 0 aliphatic rings. The van der Waals surface area contributed by atoms with Gasteiger partial charge in [0.15, 0.2) is 0 Å². The molecule has 0 saturated carbocycles. The molecule has 0 aliphatic carbocycles. The van der Waals surface area contributed by atoms with E-state index in [4.69, 9.17) is 4.74 Å². The van der Waals surface area contributed by atoms with Crippen LogP contribution in [0.15, 0.2) is 84.9 Å². The average molecular weight is 421 g/mol. The van der Waals surface area contributed by atoms with Crippen molar-refractivity contribution < 1.29 is 4.74 Å². The first kappa shape index (κ1) is 21.9. The van der Waals surface area contributed by atoms with Gasteiger partial charge in [-0.15, -0.1) is 0 Å². The number of rotatable bonds is 7. The minimum absolute atomic E-state index is 0.875. The SMILES string of the molecule is CCc1cc(-c2ccc(C)c(C)c2)ccc1CCc1ccc(Oc2ccc(C)cc2)cc1. The highest BCUT2D eigenvalue weighted by atomic mass is 16.5. The number of aryl methyl sites for hydroxylation is 6. The van der Waals surface area contributed by atoms with Crippen LogP contribution in [0.25, 0.3) is 11.1 Å². The Labute approximate surface area is 192 Å². The lowest BCUT2D eigenvalue weighted by Gasteiger charge is -2.12. The highest BCUT2D eigenvalue weighted by molar-refractivity contribution is 5.66. The second-order valence-electron chi connectivity index (χ2n) is 8.70. The molecular formula is C31H32O. The van der Waals surface area contributed by atoms with Crippen molar-refractivity contribution in [2.75, 3.05) is 0 Å². The van der Waals surface area contributed by atoms with Crippen LogP contribution in [0, 0.1) is 20.8 Å². The van der Waals surface area contributed by atoms with Gasteiger partial charge in [-0.05, 0) is 103 Å². The molecule has 0 N–H and O–H groups in total. The van der Waals surface area contributed by atoms with Crippen molar-refractivity contribution >= 4 is 0 Å². The fourth-order valence-corrected chi connectivity index (χ4v) is 4.05. The predicted molar refractivity (Wildman–Crippen MR) is 136 cm³/mol. The molecule has 0 fully saturated rings. The van der Waals surface area contributed by atoms with E-state index in [1.807, 2.05) is 12.1 Å². The summed E-state index contributed by atoms with van der Waals surface area (Å²) < 4.78 is 5.96. The lowest BCUT2D eigenvalue weighted by atomic mass is 9.93. The summed E-state index contributed by atoms with van der Waals surface area (Å²) in [5.41, 5.74) is 10.8. The molecule has 0 atom stereocenters. The zero-order valence-electron chi connectivity index (χ0n) is 19.6. The van der Waals surface area contributed by atoms with Crippen molar-refractivity contribution in [1.82, 2.24) is 0 Å². The smallest absolute Gasteiger partial charge is 0.127 e. The topological polar surface area (TPSA) is 9.23 Å². The summed E-state index contributed by atoms with van der Waals surface area (Å²) in [5, 5.41) is 0. The quantitative estimate of drug-likeness (QED) is 0.291. The van der Waals surface area contributed by atoms with Crippen LogP contribution in [-0.2, 0) is 19.3 Å². The van der Waals surface area contributed by atoms with Gasteiger partial charge in [0.2, 0.25) is 0 Å². The van der Waals surface area contributed by atoms with Crippen LogP contribution >= 0.6 is 0 Å². The summed E-state index contributed by atoms with van der Waals surface area (Å²) in [6, 6.07) is 30.4. The Balaban J connectivity index is 1.42. The molecule has 0 saturated heterocycles. The minimum Gasteiger partial charge on any atom is -0.457 e. The fourth-order valence-electron chi connectivity index (χ4n) is 4.05. The molecule has 0 amide bonds. The molecule has 0 radical (unpaired) electrons. The summed E-state index contributed by atoms with van der Waals surface area (Å²) in [4.78, 5) is 0. The van der Waals surface area contributed by atoms with Gasteiger partial charge in [-0.2, -0.15) is 0 Å². The maximum absolute atomic E-state index is 5.96. The van der Waals surface area contributed by atoms with Gasteiger partial charge < -0.3 is 4.74 Å². The third-order valence-corrected chi connectivity index (χ3v) is 6.29. The third kappa shape index (κ3) is 5.29. The van der Waals surface area contributed by atoms with Crippen LogP contribution in [0.3, 0.4) is 0 Å². The van der Waals surface area contributed by atoms with E-state index in [1.165, 1.54) is 44.5 Å². The van der Waals surface area contributed by atoms with Crippen molar-refractivity contribution in [2.24, 2.45) is 0 Å². The lowest BCUT2D eigenvalue weighted by Crippen LogP contribution is -1.97. The molecule has 162 valence electrons. The summed E-state index contributed by atoms with van der Waals surface area (Å²) >= 11 is 0. The number of benzene rings is 4. The molecule has 4 rings (SSSR count). The molecule has 4 aromatic carbocycles. The van der Waals surface area contributed by atoms with Crippen LogP contribution in [0.2, 0.25) is 0 Å². The van der Waals surface area contributed by atoms with Crippen LogP contribution in [-0.4, -0.2) is 0 Å². The van der Waals surface area contributed by atoms with E-state index >= 15 is 0 Å². The molecule has 1 heteroatoms. The summed E-state index contributed by atoms with van der Waals surface area (Å²) in [6.07, 6.45) is 3.13. The largest absolute Gasteiger partial charge is 0.457 e. The highest BCUT2D eigenvalue weighted by Gasteiger charge is 2.07. The van der Waals surface area contributed by atoms with Crippen LogP contribution in [0.1, 0.15) is 40.3 Å². The Bertz CT molecular complexity index is 1180. The first-order valence-corrected chi connectivity index (χ1v) is 11.5. The number of hydrogen-bond donors (Lipinski definition) is 0. The normalized spacial score (nSPS) is 10.9. The maximum Gasteiger partial charge on any atom is 0.127 e. The van der Waals surface area contributed by atoms with Gasteiger partial charge in [-0.1, -0.05) is 73.2 Å². The van der Waals surface area contributed by atoms with Gasteiger partial charge in [-0.3, -0.25) is 0 Å². The van der Waals surface area contributed by atoms with E-state index in [0.29, 0.717) is 0 Å². The van der Waals surface area contributed by atoms with Gasteiger partial charge >= 0.3 is 0 Å². The van der Waals surface area contributed by atoms with Crippen molar-refractivity contribution in [1.29, 1.82) is 0 Å². The van der Waals surface area contributed by atoms with Crippen LogP contribution in [0.5, 0.6) is 11.5 Å². The molecule has 0 bridgehead atoms. The lowest BCUT2D eigenvalue weighted by molar-refractivity contribution is 0.482. The standard InChI is InChI=1S/C31H32O/c1-5-26-21-29(28-12-8-23(3)24(4)20-28)15-14-27(26)13-9-25-10-18-31(19-11-25)32-30-16-6-22(2)7-17-30/h6-8,10-12,14-21H,5,9,13H2,1-4H3. The predicted octanol–water partition coefficient (Wildman–Crippen LogP) is 8.42. The zero-order valence-corrected chi connectivity index (χ0v) is 19.6. The molecule has 0 unspecified atom stereocenters. The molecule has 1 nitrogen and oxygen atoms in total. The Kier molecular flexibility index (Phi) is 6.75. The Morgan fingerprint density at radius 2 is 1.19 bits per heavy atom. The van der Waals surface area contributed by atoms with Crippen molar-refractivity contribution in [3.8, 4) is 22.6 Å². The highest BCUT2D eigenvalue weighted by Crippen LogP contribution is 2.27. The van der Waals surface area contributed by atoms with Gasteiger partial charge in [-0.25, -0.2) is 0 Å². The van der Waals surface area contributed by atoms with Crippen molar-refractivity contribution in [2.45, 2.75) is 47.0 Å². The van der Waals surface area contributed by atoms with E-state index in [9.17, 15) is 0 Å².